The van der Waals surface area contributed by atoms with E-state index >= 15 is 0 Å². The molecule has 2 unspecified atom stereocenters. The summed E-state index contributed by atoms with van der Waals surface area (Å²) in [6.07, 6.45) is 0.920. The summed E-state index contributed by atoms with van der Waals surface area (Å²) in [5, 5.41) is 14.0. The van der Waals surface area contributed by atoms with E-state index in [0.717, 1.165) is 50.3 Å². The van der Waals surface area contributed by atoms with Gasteiger partial charge in [0.2, 0.25) is 5.91 Å². The third-order valence-electron chi connectivity index (χ3n) is 10.4. The van der Waals surface area contributed by atoms with Gasteiger partial charge in [-0.05, 0) is 112 Å². The molecule has 0 fully saturated rings. The molecule has 57 heavy (non-hydrogen) atoms. The number of carbonyl (C=O) groups is 1. The van der Waals surface area contributed by atoms with Crippen LogP contribution < -0.4 is 19.5 Å². The Morgan fingerprint density at radius 1 is 0.789 bits per heavy atom. The van der Waals surface area contributed by atoms with Crippen LogP contribution in [0.3, 0.4) is 0 Å². The van der Waals surface area contributed by atoms with E-state index in [1.165, 1.54) is 0 Å². The molecule has 10 heteroatoms. The molecule has 0 spiro atoms. The number of amides is 1. The van der Waals surface area contributed by atoms with Gasteiger partial charge in [-0.15, -0.1) is 0 Å². The molecule has 1 N–H and O–H groups in total. The van der Waals surface area contributed by atoms with Crippen molar-refractivity contribution < 1.29 is 19.0 Å². The lowest BCUT2D eigenvalue weighted by Crippen LogP contribution is -2.50. The van der Waals surface area contributed by atoms with Gasteiger partial charge >= 0.3 is 0 Å². The van der Waals surface area contributed by atoms with Crippen LogP contribution in [0.15, 0.2) is 127 Å². The van der Waals surface area contributed by atoms with Crippen molar-refractivity contribution in [2.24, 2.45) is 0 Å². The molecule has 0 saturated carbocycles. The van der Waals surface area contributed by atoms with Gasteiger partial charge in [0.05, 0.1) is 27.7 Å². The van der Waals surface area contributed by atoms with Crippen LogP contribution in [0.1, 0.15) is 45.0 Å². The van der Waals surface area contributed by atoms with Crippen molar-refractivity contribution in [2.75, 3.05) is 13.2 Å². The molecular formula is C47H38Cl3N3O4. The van der Waals surface area contributed by atoms with E-state index in [2.05, 4.69) is 46.6 Å². The predicted molar refractivity (Wildman–Crippen MR) is 224 cm³/mol. The highest BCUT2D eigenvalue weighted by molar-refractivity contribution is 6.42. The van der Waals surface area contributed by atoms with Crippen LogP contribution in [-0.2, 0) is 37.3 Å². The second-order valence-corrected chi connectivity index (χ2v) is 15.5. The van der Waals surface area contributed by atoms with Crippen LogP contribution in [0.2, 0.25) is 15.1 Å². The Balaban J connectivity index is 0.927. The van der Waals surface area contributed by atoms with Crippen molar-refractivity contribution in [3.05, 3.63) is 181 Å². The fourth-order valence-corrected chi connectivity index (χ4v) is 7.78. The minimum absolute atomic E-state index is 0.0266. The molecule has 2 atom stereocenters. The molecule has 0 saturated heterocycles. The maximum atomic E-state index is 13.9. The second-order valence-electron chi connectivity index (χ2n) is 14.2. The average Bonchev–Trinajstić information content (AvgIpc) is 3.24. The Morgan fingerprint density at radius 3 is 2.25 bits per heavy atom. The standard InChI is InChI=1S/C47H38Cl3N3O4/c48-40-4-2-1-3-36(40)26-53-27-38-24-45-44(56-29-46(57-45)35-14-16-39(17-15-35)55-28-32-9-18-41(49)42(50)21-32)23-37(38)22-43(53)47(54)52-20-19-30-5-10-33(11-6-30)34-12-7-31(25-51)8-13-34/h1-18,21,23-24,43,46H,19-20,22,26-29H2,(H,52,54). The Kier molecular flexibility index (Phi) is 11.7. The number of halogens is 3. The van der Waals surface area contributed by atoms with E-state index < -0.39 is 6.04 Å². The molecule has 0 bridgehead atoms. The SMILES string of the molecule is N#Cc1ccc(-c2ccc(CCNC(=O)C3Cc4cc5c(cc4CN3Cc3ccccc3Cl)OC(c3ccc(OCc4ccc(Cl)c(Cl)c4)cc3)CO5)cc2)cc1. The van der Waals surface area contributed by atoms with E-state index in [-0.39, 0.29) is 12.0 Å². The van der Waals surface area contributed by atoms with Crippen LogP contribution in [0.5, 0.6) is 17.2 Å². The first-order chi connectivity index (χ1) is 27.8. The molecule has 1 amide bonds. The quantitative estimate of drug-likeness (QED) is 0.140. The highest BCUT2D eigenvalue weighted by Gasteiger charge is 2.34. The van der Waals surface area contributed by atoms with E-state index in [9.17, 15) is 4.79 Å². The summed E-state index contributed by atoms with van der Waals surface area (Å²) in [4.78, 5) is 16.1. The normalized spacial score (nSPS) is 16.0. The average molecular weight is 815 g/mol. The Labute approximate surface area is 347 Å². The number of ether oxygens (including phenoxy) is 3. The molecule has 0 aliphatic carbocycles. The highest BCUT2D eigenvalue weighted by atomic mass is 35.5. The number of hydrogen-bond acceptors (Lipinski definition) is 6. The van der Waals surface area contributed by atoms with Gasteiger partial charge < -0.3 is 19.5 Å². The van der Waals surface area contributed by atoms with Gasteiger partial charge in [0, 0.05) is 24.7 Å². The molecule has 6 aromatic rings. The van der Waals surface area contributed by atoms with Gasteiger partial charge in [-0.2, -0.15) is 5.26 Å². The van der Waals surface area contributed by atoms with Gasteiger partial charge in [-0.25, -0.2) is 0 Å². The molecule has 6 aromatic carbocycles. The Bertz CT molecular complexity index is 2430. The number of hydrogen-bond donors (Lipinski definition) is 1. The molecule has 0 radical (unpaired) electrons. The number of rotatable bonds is 11. The van der Waals surface area contributed by atoms with Crippen LogP contribution in [0.4, 0.5) is 0 Å². The zero-order valence-corrected chi connectivity index (χ0v) is 33.2. The van der Waals surface area contributed by atoms with Crippen molar-refractivity contribution in [1.82, 2.24) is 10.2 Å². The van der Waals surface area contributed by atoms with E-state index in [4.69, 9.17) is 54.3 Å². The van der Waals surface area contributed by atoms with Crippen molar-refractivity contribution in [2.45, 2.75) is 44.7 Å². The molecule has 2 heterocycles. The van der Waals surface area contributed by atoms with Gasteiger partial charge in [0.1, 0.15) is 19.0 Å². The largest absolute Gasteiger partial charge is 0.489 e. The van der Waals surface area contributed by atoms with E-state index in [1.807, 2.05) is 84.9 Å². The fourth-order valence-electron chi connectivity index (χ4n) is 7.26. The zero-order valence-electron chi connectivity index (χ0n) is 30.9. The maximum absolute atomic E-state index is 13.9. The predicted octanol–water partition coefficient (Wildman–Crippen LogP) is 10.6. The number of carbonyl (C=O) groups excluding carboxylic acids is 1. The topological polar surface area (TPSA) is 83.8 Å². The number of benzene rings is 6. The summed E-state index contributed by atoms with van der Waals surface area (Å²) >= 11 is 18.8. The third kappa shape index (κ3) is 9.06. The fraction of sp³-hybridized carbons (Fsp3) is 0.191. The van der Waals surface area contributed by atoms with Gasteiger partial charge in [0.15, 0.2) is 17.6 Å². The van der Waals surface area contributed by atoms with Crippen molar-refractivity contribution in [3.63, 3.8) is 0 Å². The summed E-state index contributed by atoms with van der Waals surface area (Å²) in [6, 6.07) is 42.8. The van der Waals surface area contributed by atoms with Crippen LogP contribution in [0, 0.1) is 11.3 Å². The van der Waals surface area contributed by atoms with Crippen LogP contribution in [0.25, 0.3) is 11.1 Å². The highest BCUT2D eigenvalue weighted by Crippen LogP contribution is 2.41. The van der Waals surface area contributed by atoms with Gasteiger partial charge in [0.25, 0.3) is 0 Å². The number of fused-ring (bicyclic) bond motifs is 2. The Hall–Kier alpha value is -5.49. The smallest absolute Gasteiger partial charge is 0.237 e. The first-order valence-corrected chi connectivity index (χ1v) is 19.9. The molecule has 7 nitrogen and oxygen atoms in total. The minimum Gasteiger partial charge on any atom is -0.489 e. The van der Waals surface area contributed by atoms with E-state index in [1.54, 1.807) is 12.1 Å². The lowest BCUT2D eigenvalue weighted by molar-refractivity contribution is -0.127. The minimum atomic E-state index is -0.403. The van der Waals surface area contributed by atoms with Crippen LogP contribution >= 0.6 is 34.8 Å². The Morgan fingerprint density at radius 2 is 1.51 bits per heavy atom. The summed E-state index contributed by atoms with van der Waals surface area (Å²) in [5.41, 5.74) is 8.90. The number of nitrogens with zero attached hydrogens (tertiary/aromatic N) is 2. The van der Waals surface area contributed by atoms with Gasteiger partial charge in [-0.1, -0.05) is 108 Å². The van der Waals surface area contributed by atoms with Crippen molar-refractivity contribution >= 4 is 40.7 Å². The lowest BCUT2D eigenvalue weighted by Gasteiger charge is -2.37. The lowest BCUT2D eigenvalue weighted by atomic mass is 9.92. The first kappa shape index (κ1) is 38.4. The number of nitrogens with one attached hydrogen (secondary N) is 1. The third-order valence-corrected chi connectivity index (χ3v) is 11.6. The second kappa shape index (κ2) is 17.3. The van der Waals surface area contributed by atoms with Crippen molar-refractivity contribution in [1.29, 1.82) is 5.26 Å². The monoisotopic (exact) mass is 813 g/mol. The molecule has 8 rings (SSSR count). The zero-order chi connectivity index (χ0) is 39.3. The first-order valence-electron chi connectivity index (χ1n) is 18.8. The van der Waals surface area contributed by atoms with Gasteiger partial charge in [-0.3, -0.25) is 9.69 Å². The molecule has 286 valence electrons. The molecule has 2 aliphatic rings. The summed E-state index contributed by atoms with van der Waals surface area (Å²) in [5.74, 6) is 2.05. The summed E-state index contributed by atoms with van der Waals surface area (Å²) in [7, 11) is 0. The summed E-state index contributed by atoms with van der Waals surface area (Å²) in [6.45, 7) is 2.29. The van der Waals surface area contributed by atoms with E-state index in [0.29, 0.717) is 77.8 Å². The van der Waals surface area contributed by atoms with Crippen LogP contribution in [-0.4, -0.2) is 30.0 Å². The van der Waals surface area contributed by atoms with Crippen molar-refractivity contribution in [3.8, 4) is 34.4 Å². The number of nitriles is 1. The molecular weight excluding hydrogens is 777 g/mol. The molecule has 0 aromatic heterocycles. The molecule has 2 aliphatic heterocycles. The maximum Gasteiger partial charge on any atom is 0.237 e. The summed E-state index contributed by atoms with van der Waals surface area (Å²) < 4.78 is 18.8.